The van der Waals surface area contributed by atoms with Crippen molar-refractivity contribution in [2.45, 2.75) is 12.8 Å². The Balaban J connectivity index is 1.22. The maximum Gasteiger partial charge on any atom is 0.253 e. The normalized spacial score (nSPS) is 19.1. The van der Waals surface area contributed by atoms with Gasteiger partial charge in [0.15, 0.2) is 0 Å². The minimum absolute atomic E-state index is 0.0163. The van der Waals surface area contributed by atoms with Crippen LogP contribution in [0.5, 0.6) is 0 Å². The smallest absolute Gasteiger partial charge is 0.253 e. The third-order valence-electron chi connectivity index (χ3n) is 6.69. The van der Waals surface area contributed by atoms with Gasteiger partial charge in [-0.05, 0) is 49.2 Å². The van der Waals surface area contributed by atoms with E-state index in [1.54, 1.807) is 0 Å². The first-order valence-corrected chi connectivity index (χ1v) is 11.9. The van der Waals surface area contributed by atoms with Crippen molar-refractivity contribution >= 4 is 40.0 Å². The standard InChI is InChI=1S/C26H27ClN4O2/c27-21-8-9-22-23(17-21)28-11-10-24(22)29-13-15-30(16-14-29)26(33)20-7-4-12-31(18-20)25(32)19-5-2-1-3-6-19/h1-3,5-6,8-11,17,20H,4,7,12-16,18H2. The minimum Gasteiger partial charge on any atom is -0.367 e. The summed E-state index contributed by atoms with van der Waals surface area (Å²) in [4.78, 5) is 36.7. The third kappa shape index (κ3) is 4.53. The number of likely N-dealkylation sites (tertiary alicyclic amines) is 1. The van der Waals surface area contributed by atoms with E-state index in [9.17, 15) is 9.59 Å². The van der Waals surface area contributed by atoms with E-state index in [-0.39, 0.29) is 17.7 Å². The van der Waals surface area contributed by atoms with Crippen molar-refractivity contribution in [3.8, 4) is 0 Å². The van der Waals surface area contributed by atoms with Crippen LogP contribution >= 0.6 is 11.6 Å². The Kier molecular flexibility index (Phi) is 6.18. The molecule has 170 valence electrons. The highest BCUT2D eigenvalue weighted by atomic mass is 35.5. The summed E-state index contributed by atoms with van der Waals surface area (Å²) in [6, 6.07) is 17.1. The van der Waals surface area contributed by atoms with E-state index in [2.05, 4.69) is 9.88 Å². The fourth-order valence-electron chi connectivity index (χ4n) is 4.93. The Bertz CT molecular complexity index is 1160. The van der Waals surface area contributed by atoms with Gasteiger partial charge in [-0.3, -0.25) is 14.6 Å². The van der Waals surface area contributed by atoms with Crippen LogP contribution in [-0.4, -0.2) is 65.9 Å². The van der Waals surface area contributed by atoms with Gasteiger partial charge in [0.25, 0.3) is 5.91 Å². The third-order valence-corrected chi connectivity index (χ3v) is 6.93. The lowest BCUT2D eigenvalue weighted by molar-refractivity contribution is -0.137. The van der Waals surface area contributed by atoms with Crippen LogP contribution in [0.4, 0.5) is 5.69 Å². The van der Waals surface area contributed by atoms with Gasteiger partial charge in [-0.15, -0.1) is 0 Å². The zero-order valence-corrected chi connectivity index (χ0v) is 19.2. The van der Waals surface area contributed by atoms with E-state index in [4.69, 9.17) is 11.6 Å². The van der Waals surface area contributed by atoms with Crippen molar-refractivity contribution in [1.29, 1.82) is 0 Å². The van der Waals surface area contributed by atoms with Crippen molar-refractivity contribution in [1.82, 2.24) is 14.8 Å². The molecule has 2 amide bonds. The molecule has 33 heavy (non-hydrogen) atoms. The van der Waals surface area contributed by atoms with Gasteiger partial charge in [-0.2, -0.15) is 0 Å². The van der Waals surface area contributed by atoms with Gasteiger partial charge in [0.05, 0.1) is 11.4 Å². The molecule has 0 N–H and O–H groups in total. The second-order valence-electron chi connectivity index (χ2n) is 8.76. The Labute approximate surface area is 198 Å². The largest absolute Gasteiger partial charge is 0.367 e. The number of piperidine rings is 1. The summed E-state index contributed by atoms with van der Waals surface area (Å²) in [5, 5.41) is 1.75. The lowest BCUT2D eigenvalue weighted by Crippen LogP contribution is -2.53. The van der Waals surface area contributed by atoms with E-state index in [0.717, 1.165) is 42.5 Å². The summed E-state index contributed by atoms with van der Waals surface area (Å²) >= 11 is 6.13. The number of nitrogens with zero attached hydrogens (tertiary/aromatic N) is 4. The quantitative estimate of drug-likeness (QED) is 0.588. The van der Waals surface area contributed by atoms with Crippen LogP contribution in [0.1, 0.15) is 23.2 Å². The second kappa shape index (κ2) is 9.40. The molecular weight excluding hydrogens is 436 g/mol. The summed E-state index contributed by atoms with van der Waals surface area (Å²) in [7, 11) is 0. The molecule has 0 spiro atoms. The number of rotatable bonds is 3. The maximum atomic E-state index is 13.3. The van der Waals surface area contributed by atoms with Gasteiger partial charge in [-0.25, -0.2) is 0 Å². The molecule has 2 saturated heterocycles. The zero-order valence-electron chi connectivity index (χ0n) is 18.5. The number of fused-ring (bicyclic) bond motifs is 1. The minimum atomic E-state index is -0.123. The zero-order chi connectivity index (χ0) is 22.8. The maximum absolute atomic E-state index is 13.3. The Morgan fingerprint density at radius 3 is 2.48 bits per heavy atom. The van der Waals surface area contributed by atoms with Crippen molar-refractivity contribution in [3.63, 3.8) is 0 Å². The van der Waals surface area contributed by atoms with Crippen LogP contribution in [0.15, 0.2) is 60.8 Å². The molecule has 6 nitrogen and oxygen atoms in total. The average molecular weight is 463 g/mol. The number of piperazine rings is 1. The van der Waals surface area contributed by atoms with Crippen molar-refractivity contribution in [3.05, 3.63) is 71.4 Å². The van der Waals surface area contributed by atoms with Gasteiger partial charge in [0.1, 0.15) is 0 Å². The van der Waals surface area contributed by atoms with E-state index < -0.39 is 0 Å². The molecule has 1 atom stereocenters. The number of aromatic nitrogens is 1. The number of carbonyl (C=O) groups excluding carboxylic acids is 2. The molecule has 2 aromatic carbocycles. The average Bonchev–Trinajstić information content (AvgIpc) is 2.88. The Hall–Kier alpha value is -3.12. The monoisotopic (exact) mass is 462 g/mol. The topological polar surface area (TPSA) is 56.8 Å². The van der Waals surface area contributed by atoms with Crippen molar-refractivity contribution in [2.24, 2.45) is 5.92 Å². The molecule has 1 aromatic heterocycles. The van der Waals surface area contributed by atoms with Crippen LogP contribution in [0, 0.1) is 5.92 Å². The number of carbonyl (C=O) groups is 2. The summed E-state index contributed by atoms with van der Waals surface area (Å²) < 4.78 is 0. The molecule has 0 aliphatic carbocycles. The first-order valence-electron chi connectivity index (χ1n) is 11.5. The van der Waals surface area contributed by atoms with Crippen molar-refractivity contribution < 1.29 is 9.59 Å². The highest BCUT2D eigenvalue weighted by molar-refractivity contribution is 6.31. The molecule has 2 aliphatic rings. The molecule has 3 heterocycles. The van der Waals surface area contributed by atoms with E-state index in [1.165, 1.54) is 0 Å². The number of hydrogen-bond donors (Lipinski definition) is 0. The molecular formula is C26H27ClN4O2. The number of benzene rings is 2. The predicted molar refractivity (Wildman–Crippen MR) is 131 cm³/mol. The van der Waals surface area contributed by atoms with Gasteiger partial charge in [0, 0.05) is 67.1 Å². The molecule has 3 aromatic rings. The Morgan fingerprint density at radius 1 is 0.909 bits per heavy atom. The number of amides is 2. The number of anilines is 1. The van der Waals surface area contributed by atoms with Gasteiger partial charge < -0.3 is 14.7 Å². The number of halogens is 1. The summed E-state index contributed by atoms with van der Waals surface area (Å²) in [5.74, 6) is 0.0658. The molecule has 7 heteroatoms. The van der Waals surface area contributed by atoms with Gasteiger partial charge in [0.2, 0.25) is 5.91 Å². The van der Waals surface area contributed by atoms with Crippen LogP contribution in [0.25, 0.3) is 10.9 Å². The molecule has 2 fully saturated rings. The van der Waals surface area contributed by atoms with E-state index >= 15 is 0 Å². The summed E-state index contributed by atoms with van der Waals surface area (Å²) in [6.07, 6.45) is 3.51. The van der Waals surface area contributed by atoms with Crippen LogP contribution < -0.4 is 4.90 Å². The number of pyridine rings is 1. The van der Waals surface area contributed by atoms with Crippen molar-refractivity contribution in [2.75, 3.05) is 44.2 Å². The fraction of sp³-hybridized carbons (Fsp3) is 0.346. The van der Waals surface area contributed by atoms with Gasteiger partial charge in [-0.1, -0.05) is 29.8 Å². The highest BCUT2D eigenvalue weighted by Crippen LogP contribution is 2.29. The second-order valence-corrected chi connectivity index (χ2v) is 9.20. The molecule has 2 aliphatic heterocycles. The SMILES string of the molecule is O=C(c1ccccc1)N1CCCC(C(=O)N2CCN(c3ccnc4cc(Cl)ccc34)CC2)C1. The lowest BCUT2D eigenvalue weighted by atomic mass is 9.95. The van der Waals surface area contributed by atoms with Crippen LogP contribution in [-0.2, 0) is 4.79 Å². The molecule has 0 bridgehead atoms. The predicted octanol–water partition coefficient (Wildman–Crippen LogP) is 4.09. The van der Waals surface area contributed by atoms with Crippen LogP contribution in [0.3, 0.4) is 0 Å². The molecule has 5 rings (SSSR count). The van der Waals surface area contributed by atoms with Crippen LogP contribution in [0.2, 0.25) is 5.02 Å². The Morgan fingerprint density at radius 2 is 1.70 bits per heavy atom. The van der Waals surface area contributed by atoms with E-state index in [1.807, 2.05) is 70.6 Å². The summed E-state index contributed by atoms with van der Waals surface area (Å²) in [6.45, 7) is 4.12. The highest BCUT2D eigenvalue weighted by Gasteiger charge is 2.33. The molecule has 1 unspecified atom stereocenters. The van der Waals surface area contributed by atoms with Gasteiger partial charge >= 0.3 is 0 Å². The fourth-order valence-corrected chi connectivity index (χ4v) is 5.10. The lowest BCUT2D eigenvalue weighted by Gasteiger charge is -2.40. The molecule has 0 saturated carbocycles. The summed E-state index contributed by atoms with van der Waals surface area (Å²) in [5.41, 5.74) is 2.69. The first kappa shape index (κ1) is 21.7. The first-order chi connectivity index (χ1) is 16.1. The molecule has 0 radical (unpaired) electrons. The van der Waals surface area contributed by atoms with E-state index in [0.29, 0.717) is 36.8 Å². The number of hydrogen-bond acceptors (Lipinski definition) is 4.